The molecule has 0 saturated carbocycles. The molecule has 0 aromatic carbocycles. The van der Waals surface area contributed by atoms with Crippen LogP contribution in [0.3, 0.4) is 0 Å². The molecular weight excluding hydrogens is 334 g/mol. The van der Waals surface area contributed by atoms with E-state index in [9.17, 15) is 24.5 Å². The molecule has 1 rings (SSSR count). The third-order valence-corrected chi connectivity index (χ3v) is 5.73. The van der Waals surface area contributed by atoms with Gasteiger partial charge in [-0.15, -0.1) is 0 Å². The molecule has 8 nitrogen and oxygen atoms in total. The average molecular weight is 348 g/mol. The van der Waals surface area contributed by atoms with Crippen molar-refractivity contribution in [1.29, 1.82) is 0 Å². The summed E-state index contributed by atoms with van der Waals surface area (Å²) in [5.74, 6) is -0.506. The van der Waals surface area contributed by atoms with Crippen LogP contribution in [0.1, 0.15) is 19.6 Å². The van der Waals surface area contributed by atoms with Gasteiger partial charge in [-0.2, -0.15) is 0 Å². The SMILES string of the molecule is CC(Cl)[N+](Cc1ccc([N+](=O)[O-])o1)(C(C)Cl)P(=O)(O)O. The zero-order valence-electron chi connectivity index (χ0n) is 10.6. The molecule has 1 heterocycles. The highest BCUT2D eigenvalue weighted by Crippen LogP contribution is 2.55. The van der Waals surface area contributed by atoms with E-state index in [-0.39, 0.29) is 12.3 Å². The predicted octanol–water partition coefficient (Wildman–Crippen LogP) is 2.77. The summed E-state index contributed by atoms with van der Waals surface area (Å²) in [6, 6.07) is 2.36. The van der Waals surface area contributed by atoms with E-state index in [2.05, 4.69) is 0 Å². The number of nitrogens with zero attached hydrogens (tertiary/aromatic N) is 2. The first-order valence-electron chi connectivity index (χ1n) is 5.47. The number of nitro groups is 1. The molecule has 0 amide bonds. The van der Waals surface area contributed by atoms with Crippen molar-refractivity contribution in [2.45, 2.75) is 31.4 Å². The van der Waals surface area contributed by atoms with Crippen LogP contribution in [-0.4, -0.2) is 30.0 Å². The summed E-state index contributed by atoms with van der Waals surface area (Å²) in [5.41, 5.74) is -2.07. The fourth-order valence-corrected chi connectivity index (χ4v) is 4.21. The van der Waals surface area contributed by atoms with E-state index in [1.165, 1.54) is 19.9 Å². The first kappa shape index (κ1) is 17.4. The van der Waals surface area contributed by atoms with Gasteiger partial charge in [-0.3, -0.25) is 19.9 Å². The van der Waals surface area contributed by atoms with Crippen molar-refractivity contribution < 1.29 is 27.9 Å². The lowest BCUT2D eigenvalue weighted by Gasteiger charge is -2.41. The lowest BCUT2D eigenvalue weighted by Crippen LogP contribution is -2.51. The van der Waals surface area contributed by atoms with Crippen molar-refractivity contribution in [2.24, 2.45) is 0 Å². The van der Waals surface area contributed by atoms with Crippen molar-refractivity contribution >= 4 is 36.8 Å². The van der Waals surface area contributed by atoms with E-state index in [4.69, 9.17) is 27.6 Å². The second kappa shape index (κ2) is 6.01. The topological polar surface area (TPSA) is 114 Å². The van der Waals surface area contributed by atoms with E-state index >= 15 is 0 Å². The van der Waals surface area contributed by atoms with Crippen molar-refractivity contribution in [3.63, 3.8) is 0 Å². The molecule has 0 fully saturated rings. The lowest BCUT2D eigenvalue weighted by atomic mass is 10.4. The number of hydrogen-bond acceptors (Lipinski definition) is 4. The van der Waals surface area contributed by atoms with Gasteiger partial charge in [0.05, 0.1) is 6.07 Å². The highest BCUT2D eigenvalue weighted by molar-refractivity contribution is 7.45. The van der Waals surface area contributed by atoms with Gasteiger partial charge < -0.3 is 4.42 Å². The Hall–Kier alpha value is -0.630. The molecule has 2 atom stereocenters. The first-order valence-corrected chi connectivity index (χ1v) is 7.91. The van der Waals surface area contributed by atoms with Crippen molar-refractivity contribution in [3.05, 3.63) is 28.0 Å². The Morgan fingerprint density at radius 1 is 1.40 bits per heavy atom. The van der Waals surface area contributed by atoms with Gasteiger partial charge in [-0.25, -0.2) is 8.82 Å². The fraction of sp³-hybridized carbons (Fsp3) is 0.556. The number of quaternary nitrogens is 1. The van der Waals surface area contributed by atoms with Crippen LogP contribution in [0.15, 0.2) is 16.5 Å². The maximum absolute atomic E-state index is 11.8. The van der Waals surface area contributed by atoms with Crippen LogP contribution in [0.25, 0.3) is 0 Å². The van der Waals surface area contributed by atoms with Gasteiger partial charge in [0.25, 0.3) is 0 Å². The molecule has 1 aromatic rings. The number of rotatable bonds is 6. The smallest absolute Gasteiger partial charge is 0.400 e. The minimum atomic E-state index is -4.76. The predicted molar refractivity (Wildman–Crippen MR) is 72.0 cm³/mol. The number of alkyl halides is 2. The minimum absolute atomic E-state index is 0.0139. The molecule has 0 saturated heterocycles. The second-order valence-corrected chi connectivity index (χ2v) is 7.24. The summed E-state index contributed by atoms with van der Waals surface area (Å²) < 4.78 is 15.7. The molecule has 11 heteroatoms. The standard InChI is InChI=1S/C9H13Cl2N2O6P/c1-6(10)13(7(2)11,20(16,17)18)5-8-3-4-9(19-8)12(14)15/h3-4,6-7H,5H2,1-2H3,(H-,16,17,18)/p+1. The van der Waals surface area contributed by atoms with Crippen LogP contribution < -0.4 is 0 Å². The van der Waals surface area contributed by atoms with Gasteiger partial charge in [-0.1, -0.05) is 23.2 Å². The van der Waals surface area contributed by atoms with Crippen LogP contribution in [0.2, 0.25) is 0 Å². The molecule has 0 aliphatic rings. The summed E-state index contributed by atoms with van der Waals surface area (Å²) in [4.78, 5) is 29.0. The second-order valence-electron chi connectivity index (χ2n) is 4.20. The molecule has 0 aliphatic heterocycles. The van der Waals surface area contributed by atoms with Crippen LogP contribution in [0.4, 0.5) is 5.88 Å². The average Bonchev–Trinajstić information content (AvgIpc) is 2.71. The number of halogens is 2. The maximum Gasteiger partial charge on any atom is 0.529 e. The van der Waals surface area contributed by atoms with E-state index < -0.39 is 33.8 Å². The summed E-state index contributed by atoms with van der Waals surface area (Å²) in [5, 5.41) is 10.5. The third kappa shape index (κ3) is 3.16. The van der Waals surface area contributed by atoms with E-state index in [0.29, 0.717) is 0 Å². The molecule has 1 aromatic heterocycles. The Morgan fingerprint density at radius 2 is 1.90 bits per heavy atom. The molecule has 114 valence electrons. The zero-order valence-corrected chi connectivity index (χ0v) is 13.0. The Labute approximate surface area is 124 Å². The Morgan fingerprint density at radius 3 is 2.20 bits per heavy atom. The summed E-state index contributed by atoms with van der Waals surface area (Å²) in [6.45, 7) is 2.40. The van der Waals surface area contributed by atoms with Gasteiger partial charge in [0.2, 0.25) is 0 Å². The highest BCUT2D eigenvalue weighted by Gasteiger charge is 2.54. The monoisotopic (exact) mass is 347 g/mol. The first-order chi connectivity index (χ1) is 9.02. The molecule has 2 unspecified atom stereocenters. The molecule has 0 radical (unpaired) electrons. The van der Waals surface area contributed by atoms with E-state index in [0.717, 1.165) is 6.07 Å². The Balaban J connectivity index is 3.25. The van der Waals surface area contributed by atoms with Gasteiger partial charge in [0.15, 0.2) is 16.8 Å². The van der Waals surface area contributed by atoms with Gasteiger partial charge in [0.1, 0.15) is 11.5 Å². The van der Waals surface area contributed by atoms with E-state index in [1.807, 2.05) is 0 Å². The summed E-state index contributed by atoms with van der Waals surface area (Å²) in [7, 11) is -4.76. The molecule has 2 N–H and O–H groups in total. The molecule has 0 aliphatic carbocycles. The molecular formula is C9H14Cl2N2O6P+. The zero-order chi connectivity index (χ0) is 15.7. The normalized spacial score (nSPS) is 18.3. The minimum Gasteiger partial charge on any atom is -0.400 e. The van der Waals surface area contributed by atoms with Crippen LogP contribution in [0.5, 0.6) is 0 Å². The quantitative estimate of drug-likeness (QED) is 0.269. The summed E-state index contributed by atoms with van der Waals surface area (Å²) >= 11 is 11.8. The van der Waals surface area contributed by atoms with Gasteiger partial charge in [-0.05, 0) is 6.07 Å². The molecule has 0 bridgehead atoms. The molecule has 20 heavy (non-hydrogen) atoms. The Kier molecular flexibility index (Phi) is 5.23. The largest absolute Gasteiger partial charge is 0.529 e. The van der Waals surface area contributed by atoms with Crippen molar-refractivity contribution in [2.75, 3.05) is 0 Å². The van der Waals surface area contributed by atoms with Crippen molar-refractivity contribution in [3.8, 4) is 0 Å². The Bertz CT molecular complexity index is 532. The van der Waals surface area contributed by atoms with Crippen molar-refractivity contribution in [1.82, 2.24) is 0 Å². The third-order valence-electron chi connectivity index (χ3n) is 2.95. The maximum atomic E-state index is 11.8. The molecule has 0 spiro atoms. The van der Waals surface area contributed by atoms with Gasteiger partial charge >= 0.3 is 13.6 Å². The summed E-state index contributed by atoms with van der Waals surface area (Å²) in [6.07, 6.45) is 0. The number of hydrogen-bond donors (Lipinski definition) is 2. The fourth-order valence-electron chi connectivity index (χ4n) is 1.84. The van der Waals surface area contributed by atoms with Gasteiger partial charge in [0, 0.05) is 13.8 Å². The van der Waals surface area contributed by atoms with E-state index in [1.54, 1.807) is 0 Å². The highest BCUT2D eigenvalue weighted by atomic mass is 35.5. The van der Waals surface area contributed by atoms with Crippen LogP contribution >= 0.6 is 30.9 Å². The lowest BCUT2D eigenvalue weighted by molar-refractivity contribution is -0.858. The van der Waals surface area contributed by atoms with Crippen LogP contribution in [-0.2, 0) is 11.1 Å². The van der Waals surface area contributed by atoms with Crippen LogP contribution in [0, 0.1) is 10.1 Å². The number of furan rings is 1.